The van der Waals surface area contributed by atoms with Gasteiger partial charge < -0.3 is 14.0 Å². The van der Waals surface area contributed by atoms with Gasteiger partial charge in [0.15, 0.2) is 17.8 Å². The minimum absolute atomic E-state index is 0.137. The minimum Gasteiger partial charge on any atom is -0.458 e. The number of unbranched alkanes of at least 4 members (excludes halogenated alkanes) is 11. The molecule has 1 atom stereocenters. The molecule has 0 spiro atoms. The van der Waals surface area contributed by atoms with Gasteiger partial charge >= 0.3 is 0 Å². The number of pyridine rings is 1. The molecule has 0 amide bonds. The Morgan fingerprint density at radius 2 is 1.61 bits per heavy atom. The van der Waals surface area contributed by atoms with Crippen LogP contribution < -0.4 is 10.2 Å². The second kappa shape index (κ2) is 15.2. The SMILES string of the molecule is CCCCCCCCCCCCCCn1ccc(=O)c(OC2CCCCO2)c1C(C)=O. The third-order valence-electron chi connectivity index (χ3n) is 6.11. The molecule has 1 aromatic heterocycles. The van der Waals surface area contributed by atoms with Gasteiger partial charge in [-0.2, -0.15) is 0 Å². The number of aryl methyl sites for hydroxylation is 1. The highest BCUT2D eigenvalue weighted by Gasteiger charge is 2.22. The topological polar surface area (TPSA) is 57.5 Å². The summed E-state index contributed by atoms with van der Waals surface area (Å²) in [5.41, 5.74) is 0.134. The first kappa shape index (κ1) is 25.6. The van der Waals surface area contributed by atoms with Gasteiger partial charge in [-0.15, -0.1) is 0 Å². The van der Waals surface area contributed by atoms with Crippen LogP contribution in [0.2, 0.25) is 0 Å². The molecule has 1 aromatic rings. The molecule has 0 bridgehead atoms. The van der Waals surface area contributed by atoms with E-state index in [-0.39, 0.29) is 17.0 Å². The summed E-state index contributed by atoms with van der Waals surface area (Å²) in [6.45, 7) is 5.13. The molecule has 1 fully saturated rings. The summed E-state index contributed by atoms with van der Waals surface area (Å²) in [7, 11) is 0. The van der Waals surface area contributed by atoms with Crippen molar-refractivity contribution in [3.8, 4) is 5.75 Å². The molecule has 5 nitrogen and oxygen atoms in total. The van der Waals surface area contributed by atoms with Crippen molar-refractivity contribution in [2.45, 2.75) is 123 Å². The summed E-state index contributed by atoms with van der Waals surface area (Å²) >= 11 is 0. The summed E-state index contributed by atoms with van der Waals surface area (Å²) < 4.78 is 13.4. The average Bonchev–Trinajstić information content (AvgIpc) is 2.77. The smallest absolute Gasteiger partial charge is 0.224 e. The largest absolute Gasteiger partial charge is 0.458 e. The first-order valence-electron chi connectivity index (χ1n) is 12.7. The lowest BCUT2D eigenvalue weighted by Gasteiger charge is -2.24. The van der Waals surface area contributed by atoms with E-state index in [4.69, 9.17) is 9.47 Å². The van der Waals surface area contributed by atoms with E-state index < -0.39 is 6.29 Å². The van der Waals surface area contributed by atoms with Crippen molar-refractivity contribution in [2.75, 3.05) is 6.61 Å². The number of ketones is 1. The Balaban J connectivity index is 1.73. The lowest BCUT2D eigenvalue weighted by atomic mass is 10.1. The van der Waals surface area contributed by atoms with E-state index in [0.717, 1.165) is 38.6 Å². The van der Waals surface area contributed by atoms with Gasteiger partial charge in [-0.25, -0.2) is 0 Å². The second-order valence-electron chi connectivity index (χ2n) is 8.91. The molecular formula is C26H43NO4. The number of aromatic nitrogens is 1. The Hall–Kier alpha value is -1.62. The van der Waals surface area contributed by atoms with Crippen molar-refractivity contribution in [1.82, 2.24) is 4.57 Å². The molecule has 0 saturated carbocycles. The summed E-state index contributed by atoms with van der Waals surface area (Å²) in [4.78, 5) is 24.7. The van der Waals surface area contributed by atoms with Crippen molar-refractivity contribution >= 4 is 5.78 Å². The molecule has 5 heteroatoms. The highest BCUT2D eigenvalue weighted by atomic mass is 16.7. The van der Waals surface area contributed by atoms with Crippen molar-refractivity contribution in [2.24, 2.45) is 0 Å². The van der Waals surface area contributed by atoms with Crippen LogP contribution in [0.15, 0.2) is 17.1 Å². The van der Waals surface area contributed by atoms with Gasteiger partial charge in [0.2, 0.25) is 5.43 Å². The van der Waals surface area contributed by atoms with Crippen LogP contribution >= 0.6 is 0 Å². The minimum atomic E-state index is -0.429. The predicted molar refractivity (Wildman–Crippen MR) is 126 cm³/mol. The molecule has 0 aromatic carbocycles. The zero-order chi connectivity index (χ0) is 22.3. The van der Waals surface area contributed by atoms with Crippen LogP contribution in [-0.4, -0.2) is 23.2 Å². The average molecular weight is 434 g/mol. The third-order valence-corrected chi connectivity index (χ3v) is 6.11. The number of ether oxygens (including phenoxy) is 2. The van der Waals surface area contributed by atoms with Crippen molar-refractivity contribution in [3.63, 3.8) is 0 Å². The molecular weight excluding hydrogens is 390 g/mol. The summed E-state index contributed by atoms with van der Waals surface area (Å²) in [5.74, 6) is 0.0169. The summed E-state index contributed by atoms with van der Waals surface area (Å²) in [6.07, 6.45) is 19.6. The first-order valence-corrected chi connectivity index (χ1v) is 12.7. The number of carbonyl (C=O) groups is 1. The van der Waals surface area contributed by atoms with E-state index in [9.17, 15) is 9.59 Å². The van der Waals surface area contributed by atoms with Crippen LogP contribution in [0.25, 0.3) is 0 Å². The van der Waals surface area contributed by atoms with E-state index in [1.165, 1.54) is 77.2 Å². The fourth-order valence-corrected chi connectivity index (χ4v) is 4.28. The highest BCUT2D eigenvalue weighted by molar-refractivity contribution is 5.95. The molecule has 176 valence electrons. The highest BCUT2D eigenvalue weighted by Crippen LogP contribution is 2.21. The van der Waals surface area contributed by atoms with Crippen molar-refractivity contribution in [3.05, 3.63) is 28.2 Å². The predicted octanol–water partition coefficient (Wildman–Crippen LogP) is 6.66. The monoisotopic (exact) mass is 433 g/mol. The van der Waals surface area contributed by atoms with E-state index in [0.29, 0.717) is 12.3 Å². The molecule has 2 heterocycles. The quantitative estimate of drug-likeness (QED) is 0.216. The van der Waals surface area contributed by atoms with Gasteiger partial charge in [-0.05, 0) is 19.3 Å². The molecule has 0 radical (unpaired) electrons. The van der Waals surface area contributed by atoms with Gasteiger partial charge in [-0.3, -0.25) is 9.59 Å². The second-order valence-corrected chi connectivity index (χ2v) is 8.91. The number of Topliss-reactive ketones (excluding diaryl/α,β-unsaturated/α-hetero) is 1. The van der Waals surface area contributed by atoms with E-state index >= 15 is 0 Å². The number of nitrogens with zero attached hydrogens (tertiary/aromatic N) is 1. The molecule has 2 rings (SSSR count). The molecule has 0 N–H and O–H groups in total. The maximum absolute atomic E-state index is 12.4. The van der Waals surface area contributed by atoms with Gasteiger partial charge in [-0.1, -0.05) is 77.6 Å². The van der Waals surface area contributed by atoms with E-state index in [2.05, 4.69) is 6.92 Å². The summed E-state index contributed by atoms with van der Waals surface area (Å²) in [6, 6.07) is 1.51. The van der Waals surface area contributed by atoms with Crippen molar-refractivity contribution in [1.29, 1.82) is 0 Å². The van der Waals surface area contributed by atoms with Gasteiger partial charge in [0.05, 0.1) is 6.61 Å². The molecule has 1 unspecified atom stereocenters. The maximum atomic E-state index is 12.4. The molecule has 0 aliphatic carbocycles. The number of hydrogen-bond donors (Lipinski definition) is 0. The Morgan fingerprint density at radius 1 is 1.00 bits per heavy atom. The molecule has 1 saturated heterocycles. The molecule has 1 aliphatic heterocycles. The Labute approximate surface area is 188 Å². The lowest BCUT2D eigenvalue weighted by molar-refractivity contribution is -0.106. The standard InChI is InChI=1S/C26H43NO4/c1-3-4-5-6-7-8-9-10-11-12-13-15-19-27-20-18-23(29)26(25(27)22(2)28)31-24-17-14-16-21-30-24/h18,20,24H,3-17,19,21H2,1-2H3. The Kier molecular flexibility index (Phi) is 12.6. The van der Waals surface area contributed by atoms with Gasteiger partial charge in [0.1, 0.15) is 5.69 Å². The van der Waals surface area contributed by atoms with E-state index in [1.807, 2.05) is 4.57 Å². The lowest BCUT2D eigenvalue weighted by Crippen LogP contribution is -2.29. The fraction of sp³-hybridized carbons (Fsp3) is 0.769. The van der Waals surface area contributed by atoms with Crippen LogP contribution in [0.4, 0.5) is 0 Å². The number of carbonyl (C=O) groups excluding carboxylic acids is 1. The third kappa shape index (κ3) is 9.59. The fourth-order valence-electron chi connectivity index (χ4n) is 4.28. The summed E-state index contributed by atoms with van der Waals surface area (Å²) in [5, 5.41) is 0. The molecule has 31 heavy (non-hydrogen) atoms. The van der Waals surface area contributed by atoms with E-state index in [1.54, 1.807) is 6.20 Å². The zero-order valence-electron chi connectivity index (χ0n) is 19.8. The van der Waals surface area contributed by atoms with Crippen LogP contribution in [0.1, 0.15) is 121 Å². The Bertz CT molecular complexity index is 691. The van der Waals surface area contributed by atoms with Crippen LogP contribution in [0, 0.1) is 0 Å². The molecule has 1 aliphatic rings. The van der Waals surface area contributed by atoms with Gasteiger partial charge in [0.25, 0.3) is 0 Å². The zero-order valence-corrected chi connectivity index (χ0v) is 19.8. The van der Waals surface area contributed by atoms with Crippen molar-refractivity contribution < 1.29 is 14.3 Å². The normalized spacial score (nSPS) is 16.4. The maximum Gasteiger partial charge on any atom is 0.224 e. The van der Waals surface area contributed by atoms with Crippen LogP contribution in [0.5, 0.6) is 5.75 Å². The first-order chi connectivity index (χ1) is 15.1. The van der Waals surface area contributed by atoms with Gasteiger partial charge in [0, 0.05) is 32.2 Å². The Morgan fingerprint density at radius 3 is 2.16 bits per heavy atom. The number of hydrogen-bond acceptors (Lipinski definition) is 4. The van der Waals surface area contributed by atoms with Crippen LogP contribution in [-0.2, 0) is 11.3 Å². The number of rotatable bonds is 16. The van der Waals surface area contributed by atoms with Crippen LogP contribution in [0.3, 0.4) is 0 Å².